The van der Waals surface area contributed by atoms with Gasteiger partial charge in [0.25, 0.3) is 0 Å². The van der Waals surface area contributed by atoms with Crippen LogP contribution in [0.1, 0.15) is 11.7 Å². The Balaban J connectivity index is 2.94. The first-order chi connectivity index (χ1) is 6.31. The lowest BCUT2D eigenvalue weighted by atomic mass is 10.1. The van der Waals surface area contributed by atoms with E-state index < -0.39 is 6.10 Å². The summed E-state index contributed by atoms with van der Waals surface area (Å²) in [6, 6.07) is 9.32. The molecule has 13 heavy (non-hydrogen) atoms. The van der Waals surface area contributed by atoms with Crippen molar-refractivity contribution in [2.24, 2.45) is 0 Å². The molecule has 0 bridgehead atoms. The van der Waals surface area contributed by atoms with E-state index in [9.17, 15) is 0 Å². The average molecular weight is 177 g/mol. The third kappa shape index (κ3) is 2.20. The number of nitrogens with zero attached hydrogens (tertiary/aromatic N) is 1. The third-order valence-corrected chi connectivity index (χ3v) is 1.75. The Kier molecular flexibility index (Phi) is 3.30. The van der Waals surface area contributed by atoms with Gasteiger partial charge in [-0.15, -0.1) is 0 Å². The topological polar surface area (TPSA) is 42.2 Å². The number of hydrogen-bond acceptors (Lipinski definition) is 3. The minimum atomic E-state index is -0.518. The van der Waals surface area contributed by atoms with Gasteiger partial charge >= 0.3 is 0 Å². The van der Waals surface area contributed by atoms with E-state index in [2.05, 4.69) is 0 Å². The van der Waals surface area contributed by atoms with Crippen LogP contribution in [0.15, 0.2) is 24.3 Å². The molecular formula is C10H11NO2. The maximum absolute atomic E-state index is 8.73. The Labute approximate surface area is 77.5 Å². The zero-order chi connectivity index (χ0) is 9.68. The van der Waals surface area contributed by atoms with Crippen LogP contribution in [0, 0.1) is 11.3 Å². The molecule has 0 fully saturated rings. The molecule has 0 aromatic heterocycles. The van der Waals surface area contributed by atoms with Crippen molar-refractivity contribution in [3.8, 4) is 11.8 Å². The van der Waals surface area contributed by atoms with Gasteiger partial charge in [-0.25, -0.2) is 0 Å². The smallest absolute Gasteiger partial charge is 0.168 e. The Morgan fingerprint density at radius 2 is 2.15 bits per heavy atom. The molecule has 0 spiro atoms. The van der Waals surface area contributed by atoms with Gasteiger partial charge in [0.2, 0.25) is 0 Å². The van der Waals surface area contributed by atoms with Crippen molar-refractivity contribution in [2.75, 3.05) is 14.2 Å². The molecule has 0 aliphatic rings. The minimum absolute atomic E-state index is 0.518. The first-order valence-corrected chi connectivity index (χ1v) is 3.88. The average Bonchev–Trinajstić information content (AvgIpc) is 2.20. The van der Waals surface area contributed by atoms with Gasteiger partial charge < -0.3 is 9.47 Å². The van der Waals surface area contributed by atoms with Gasteiger partial charge in [-0.1, -0.05) is 12.1 Å². The van der Waals surface area contributed by atoms with Crippen LogP contribution in [-0.2, 0) is 4.74 Å². The van der Waals surface area contributed by atoms with E-state index in [4.69, 9.17) is 14.7 Å². The fraction of sp³-hybridized carbons (Fsp3) is 0.300. The van der Waals surface area contributed by atoms with Crippen LogP contribution in [0.4, 0.5) is 0 Å². The fourth-order valence-corrected chi connectivity index (χ4v) is 1.07. The van der Waals surface area contributed by atoms with Crippen molar-refractivity contribution in [3.63, 3.8) is 0 Å². The van der Waals surface area contributed by atoms with Crippen LogP contribution in [-0.4, -0.2) is 14.2 Å². The molecule has 1 rings (SSSR count). The van der Waals surface area contributed by atoms with Crippen LogP contribution in [0.2, 0.25) is 0 Å². The Morgan fingerprint density at radius 3 is 2.69 bits per heavy atom. The number of ether oxygens (including phenoxy) is 2. The summed E-state index contributed by atoms with van der Waals surface area (Å²) in [5.41, 5.74) is 0.810. The van der Waals surface area contributed by atoms with Crippen molar-refractivity contribution < 1.29 is 9.47 Å². The number of rotatable bonds is 3. The Hall–Kier alpha value is -1.53. The maximum atomic E-state index is 8.73. The Bertz CT molecular complexity index is 317. The van der Waals surface area contributed by atoms with Crippen molar-refractivity contribution in [3.05, 3.63) is 29.8 Å². The van der Waals surface area contributed by atoms with Crippen molar-refractivity contribution in [2.45, 2.75) is 6.10 Å². The molecule has 3 heteroatoms. The van der Waals surface area contributed by atoms with Crippen LogP contribution < -0.4 is 4.74 Å². The number of benzene rings is 1. The summed E-state index contributed by atoms with van der Waals surface area (Å²) in [6.45, 7) is 0. The molecule has 0 saturated carbocycles. The van der Waals surface area contributed by atoms with Crippen molar-refractivity contribution in [1.29, 1.82) is 5.26 Å². The van der Waals surface area contributed by atoms with Gasteiger partial charge in [-0.2, -0.15) is 5.26 Å². The second-order valence-electron chi connectivity index (χ2n) is 2.52. The van der Waals surface area contributed by atoms with Gasteiger partial charge in [0.1, 0.15) is 5.75 Å². The third-order valence-electron chi connectivity index (χ3n) is 1.75. The highest BCUT2D eigenvalue weighted by Gasteiger charge is 2.08. The standard InChI is InChI=1S/C10H11NO2/c1-12-9-5-3-4-8(6-9)10(7-11)13-2/h3-6,10H,1-2H3. The molecule has 0 heterocycles. The van der Waals surface area contributed by atoms with Gasteiger partial charge in [-0.05, 0) is 17.7 Å². The molecule has 0 radical (unpaired) electrons. The summed E-state index contributed by atoms with van der Waals surface area (Å²) in [7, 11) is 3.10. The first-order valence-electron chi connectivity index (χ1n) is 3.88. The number of methoxy groups -OCH3 is 2. The van der Waals surface area contributed by atoms with Crippen LogP contribution in [0.3, 0.4) is 0 Å². The molecule has 1 atom stereocenters. The summed E-state index contributed by atoms with van der Waals surface area (Å²) in [5, 5.41) is 8.73. The zero-order valence-corrected chi connectivity index (χ0v) is 7.65. The lowest BCUT2D eigenvalue weighted by Gasteiger charge is -2.08. The molecule has 0 amide bonds. The van der Waals surface area contributed by atoms with Crippen LogP contribution in [0.5, 0.6) is 5.75 Å². The molecular weight excluding hydrogens is 166 g/mol. The summed E-state index contributed by atoms with van der Waals surface area (Å²) < 4.78 is 10.00. The Morgan fingerprint density at radius 1 is 1.38 bits per heavy atom. The van der Waals surface area contributed by atoms with Crippen molar-refractivity contribution >= 4 is 0 Å². The normalized spacial score (nSPS) is 11.8. The summed E-state index contributed by atoms with van der Waals surface area (Å²) in [4.78, 5) is 0. The highest BCUT2D eigenvalue weighted by atomic mass is 16.5. The van der Waals surface area contributed by atoms with Crippen LogP contribution in [0.25, 0.3) is 0 Å². The second-order valence-corrected chi connectivity index (χ2v) is 2.52. The molecule has 1 aromatic rings. The second kappa shape index (κ2) is 4.48. The molecule has 0 aliphatic heterocycles. The van der Waals surface area contributed by atoms with Gasteiger partial charge in [-0.3, -0.25) is 0 Å². The summed E-state index contributed by atoms with van der Waals surface area (Å²) >= 11 is 0. The SMILES string of the molecule is COc1cccc(C(C#N)OC)c1. The molecule has 0 saturated heterocycles. The van der Waals surface area contributed by atoms with E-state index in [1.807, 2.05) is 24.3 Å². The molecule has 68 valence electrons. The summed E-state index contributed by atoms with van der Waals surface area (Å²) in [5.74, 6) is 0.731. The quantitative estimate of drug-likeness (QED) is 0.708. The predicted octanol–water partition coefficient (Wildman–Crippen LogP) is 1.91. The van der Waals surface area contributed by atoms with Crippen LogP contribution >= 0.6 is 0 Å². The molecule has 0 aliphatic carbocycles. The lowest BCUT2D eigenvalue weighted by Crippen LogP contribution is -1.98. The molecule has 0 N–H and O–H groups in total. The van der Waals surface area contributed by atoms with E-state index in [1.165, 1.54) is 7.11 Å². The first kappa shape index (κ1) is 9.56. The van der Waals surface area contributed by atoms with E-state index in [-0.39, 0.29) is 0 Å². The van der Waals surface area contributed by atoms with E-state index in [1.54, 1.807) is 13.2 Å². The minimum Gasteiger partial charge on any atom is -0.497 e. The summed E-state index contributed by atoms with van der Waals surface area (Å²) in [6.07, 6.45) is -0.518. The van der Waals surface area contributed by atoms with E-state index in [0.717, 1.165) is 11.3 Å². The fourth-order valence-electron chi connectivity index (χ4n) is 1.07. The monoisotopic (exact) mass is 177 g/mol. The van der Waals surface area contributed by atoms with Gasteiger partial charge in [0, 0.05) is 7.11 Å². The molecule has 3 nitrogen and oxygen atoms in total. The zero-order valence-electron chi connectivity index (χ0n) is 7.65. The van der Waals surface area contributed by atoms with E-state index in [0.29, 0.717) is 0 Å². The van der Waals surface area contributed by atoms with E-state index >= 15 is 0 Å². The lowest BCUT2D eigenvalue weighted by molar-refractivity contribution is 0.148. The highest BCUT2D eigenvalue weighted by molar-refractivity contribution is 5.31. The largest absolute Gasteiger partial charge is 0.497 e. The van der Waals surface area contributed by atoms with Crippen molar-refractivity contribution in [1.82, 2.24) is 0 Å². The highest BCUT2D eigenvalue weighted by Crippen LogP contribution is 2.20. The predicted molar refractivity (Wildman–Crippen MR) is 48.4 cm³/mol. The molecule has 1 unspecified atom stereocenters. The maximum Gasteiger partial charge on any atom is 0.168 e. The van der Waals surface area contributed by atoms with Gasteiger partial charge in [0.05, 0.1) is 13.2 Å². The molecule has 1 aromatic carbocycles. The van der Waals surface area contributed by atoms with Gasteiger partial charge in [0.15, 0.2) is 6.10 Å². The number of nitriles is 1. The number of hydrogen-bond donors (Lipinski definition) is 0.